The maximum atomic E-state index is 12.5. The number of anilines is 1. The van der Waals surface area contributed by atoms with E-state index in [9.17, 15) is 8.42 Å². The van der Waals surface area contributed by atoms with Gasteiger partial charge in [-0.3, -0.25) is 9.40 Å². The van der Waals surface area contributed by atoms with E-state index in [1.165, 1.54) is 0 Å². The average molecular weight is 358 g/mol. The number of benzene rings is 1. The molecule has 0 atom stereocenters. The van der Waals surface area contributed by atoms with Crippen LogP contribution >= 0.6 is 15.9 Å². The van der Waals surface area contributed by atoms with Gasteiger partial charge in [0, 0.05) is 11.5 Å². The minimum Gasteiger partial charge on any atom is -0.276 e. The summed E-state index contributed by atoms with van der Waals surface area (Å²) in [4.78, 5) is 0.259. The first-order chi connectivity index (χ1) is 9.22. The number of hydrogen-bond acceptors (Lipinski definition) is 3. The monoisotopic (exact) mass is 357 g/mol. The molecule has 5 nitrogen and oxygen atoms in total. The highest BCUT2D eigenvalue weighted by Gasteiger charge is 2.21. The first kappa shape index (κ1) is 15.1. The van der Waals surface area contributed by atoms with Crippen LogP contribution in [0.1, 0.15) is 17.0 Å². The Morgan fingerprint density at radius 3 is 2.45 bits per heavy atom. The van der Waals surface area contributed by atoms with Crippen molar-refractivity contribution in [2.45, 2.75) is 25.7 Å². The largest absolute Gasteiger partial charge is 0.276 e. The Hall–Kier alpha value is -1.34. The molecule has 2 aromatic rings. The summed E-state index contributed by atoms with van der Waals surface area (Å²) in [5.41, 5.74) is 2.66. The second-order valence-corrected chi connectivity index (χ2v) is 7.25. The Kier molecular flexibility index (Phi) is 3.93. The molecule has 0 spiro atoms. The zero-order chi connectivity index (χ0) is 15.1. The van der Waals surface area contributed by atoms with Gasteiger partial charge in [0.15, 0.2) is 0 Å². The fourth-order valence-corrected chi connectivity index (χ4v) is 3.93. The highest BCUT2D eigenvalue weighted by molar-refractivity contribution is 9.10. The average Bonchev–Trinajstić information content (AvgIpc) is 2.59. The summed E-state index contributed by atoms with van der Waals surface area (Å²) < 4.78 is 30.0. The van der Waals surface area contributed by atoms with Crippen molar-refractivity contribution in [2.24, 2.45) is 7.05 Å². The number of nitrogens with zero attached hydrogens (tertiary/aromatic N) is 2. The van der Waals surface area contributed by atoms with Crippen LogP contribution in [0.4, 0.5) is 5.69 Å². The molecule has 1 aromatic heterocycles. The third-order valence-corrected chi connectivity index (χ3v) is 5.17. The Morgan fingerprint density at radius 1 is 1.25 bits per heavy atom. The van der Waals surface area contributed by atoms with E-state index in [4.69, 9.17) is 0 Å². The second kappa shape index (κ2) is 5.21. The standard InChI is InChI=1S/C13H16BrN3O2S/c1-8-5-6-11(14)7-12(8)20(18,19)16-13-9(2)15-17(4)10(13)3/h5-7,16H,1-4H3. The number of nitrogens with one attached hydrogen (secondary N) is 1. The van der Waals surface area contributed by atoms with Crippen molar-refractivity contribution in [1.82, 2.24) is 9.78 Å². The predicted molar refractivity (Wildman–Crippen MR) is 82.4 cm³/mol. The lowest BCUT2D eigenvalue weighted by Gasteiger charge is -2.11. The van der Waals surface area contributed by atoms with Gasteiger partial charge in [-0.1, -0.05) is 22.0 Å². The summed E-state index contributed by atoms with van der Waals surface area (Å²) in [5, 5.41) is 4.21. The van der Waals surface area contributed by atoms with Crippen molar-refractivity contribution in [3.05, 3.63) is 39.6 Å². The Balaban J connectivity index is 2.49. The van der Waals surface area contributed by atoms with Crippen LogP contribution in [0.3, 0.4) is 0 Å². The molecule has 0 unspecified atom stereocenters. The molecule has 0 aliphatic carbocycles. The molecule has 0 amide bonds. The van der Waals surface area contributed by atoms with E-state index in [1.54, 1.807) is 37.7 Å². The van der Waals surface area contributed by atoms with Crippen LogP contribution in [-0.4, -0.2) is 18.2 Å². The second-order valence-electron chi connectivity index (χ2n) is 4.68. The molecule has 7 heteroatoms. The van der Waals surface area contributed by atoms with Crippen LogP contribution < -0.4 is 4.72 Å². The molecule has 2 rings (SSSR count). The van der Waals surface area contributed by atoms with Crippen LogP contribution in [0.2, 0.25) is 0 Å². The summed E-state index contributed by atoms with van der Waals surface area (Å²) in [6.45, 7) is 5.37. The van der Waals surface area contributed by atoms with E-state index in [1.807, 2.05) is 13.0 Å². The first-order valence-corrected chi connectivity index (χ1v) is 8.29. The van der Waals surface area contributed by atoms with Crippen molar-refractivity contribution >= 4 is 31.6 Å². The molecule has 0 fully saturated rings. The van der Waals surface area contributed by atoms with E-state index in [0.29, 0.717) is 16.9 Å². The zero-order valence-corrected chi connectivity index (χ0v) is 14.1. The molecule has 0 saturated carbocycles. The summed E-state index contributed by atoms with van der Waals surface area (Å²) in [6, 6.07) is 5.18. The molecule has 1 N–H and O–H groups in total. The Morgan fingerprint density at radius 2 is 1.90 bits per heavy atom. The van der Waals surface area contributed by atoms with Gasteiger partial charge in [-0.25, -0.2) is 8.42 Å². The van der Waals surface area contributed by atoms with Gasteiger partial charge in [-0.2, -0.15) is 5.10 Å². The summed E-state index contributed by atoms with van der Waals surface area (Å²) in [6.07, 6.45) is 0. The fourth-order valence-electron chi connectivity index (χ4n) is 1.97. The lowest BCUT2D eigenvalue weighted by atomic mass is 10.2. The third kappa shape index (κ3) is 2.73. The number of sulfonamides is 1. The Labute approximate surface area is 127 Å². The van der Waals surface area contributed by atoms with Crippen molar-refractivity contribution in [1.29, 1.82) is 0 Å². The van der Waals surface area contributed by atoms with Gasteiger partial charge in [0.1, 0.15) is 0 Å². The van der Waals surface area contributed by atoms with E-state index < -0.39 is 10.0 Å². The van der Waals surface area contributed by atoms with Crippen LogP contribution in [0, 0.1) is 20.8 Å². The van der Waals surface area contributed by atoms with Crippen molar-refractivity contribution in [3.63, 3.8) is 0 Å². The van der Waals surface area contributed by atoms with Gasteiger partial charge in [-0.15, -0.1) is 0 Å². The SMILES string of the molecule is Cc1ccc(Br)cc1S(=O)(=O)Nc1c(C)nn(C)c1C. The molecule has 0 radical (unpaired) electrons. The molecular weight excluding hydrogens is 342 g/mol. The van der Waals surface area contributed by atoms with Gasteiger partial charge in [-0.05, 0) is 38.5 Å². The quantitative estimate of drug-likeness (QED) is 0.918. The molecule has 1 heterocycles. The highest BCUT2D eigenvalue weighted by atomic mass is 79.9. The number of aromatic nitrogens is 2. The molecule has 1 aromatic carbocycles. The van der Waals surface area contributed by atoms with Crippen molar-refractivity contribution in [3.8, 4) is 0 Å². The van der Waals surface area contributed by atoms with Crippen LogP contribution in [0.5, 0.6) is 0 Å². The van der Waals surface area contributed by atoms with E-state index >= 15 is 0 Å². The normalized spacial score (nSPS) is 11.7. The zero-order valence-electron chi connectivity index (χ0n) is 11.7. The topological polar surface area (TPSA) is 64.0 Å². The summed E-state index contributed by atoms with van der Waals surface area (Å²) in [7, 11) is -1.85. The van der Waals surface area contributed by atoms with Crippen molar-refractivity contribution in [2.75, 3.05) is 4.72 Å². The molecule has 0 bridgehead atoms. The maximum absolute atomic E-state index is 12.5. The fraction of sp³-hybridized carbons (Fsp3) is 0.308. The molecule has 108 valence electrons. The van der Waals surface area contributed by atoms with Crippen LogP contribution in [-0.2, 0) is 17.1 Å². The molecular formula is C13H16BrN3O2S. The molecule has 20 heavy (non-hydrogen) atoms. The first-order valence-electron chi connectivity index (χ1n) is 6.01. The van der Waals surface area contributed by atoms with Gasteiger partial charge >= 0.3 is 0 Å². The summed E-state index contributed by atoms with van der Waals surface area (Å²) in [5.74, 6) is 0. The van der Waals surface area contributed by atoms with Gasteiger partial charge in [0.2, 0.25) is 0 Å². The van der Waals surface area contributed by atoms with Crippen LogP contribution in [0.25, 0.3) is 0 Å². The van der Waals surface area contributed by atoms with Gasteiger partial charge < -0.3 is 0 Å². The predicted octanol–water partition coefficient (Wildman–Crippen LogP) is 2.91. The smallest absolute Gasteiger partial charge is 0.262 e. The summed E-state index contributed by atoms with van der Waals surface area (Å²) >= 11 is 3.30. The maximum Gasteiger partial charge on any atom is 0.262 e. The number of aryl methyl sites for hydroxylation is 3. The van der Waals surface area contributed by atoms with E-state index in [-0.39, 0.29) is 4.90 Å². The molecule has 0 saturated heterocycles. The minimum atomic E-state index is -3.63. The minimum absolute atomic E-state index is 0.259. The Bertz CT molecular complexity index is 766. The molecule has 0 aliphatic heterocycles. The lowest BCUT2D eigenvalue weighted by Crippen LogP contribution is -2.15. The lowest BCUT2D eigenvalue weighted by molar-refractivity contribution is 0.600. The van der Waals surface area contributed by atoms with E-state index in [0.717, 1.165) is 10.2 Å². The van der Waals surface area contributed by atoms with Crippen LogP contribution in [0.15, 0.2) is 27.6 Å². The third-order valence-electron chi connectivity index (χ3n) is 3.19. The van der Waals surface area contributed by atoms with Gasteiger partial charge in [0.05, 0.1) is 22.0 Å². The molecule has 0 aliphatic rings. The van der Waals surface area contributed by atoms with Gasteiger partial charge in [0.25, 0.3) is 10.0 Å². The van der Waals surface area contributed by atoms with E-state index in [2.05, 4.69) is 25.8 Å². The number of hydrogen-bond donors (Lipinski definition) is 1. The number of rotatable bonds is 3. The number of halogens is 1. The van der Waals surface area contributed by atoms with Crippen molar-refractivity contribution < 1.29 is 8.42 Å². The highest BCUT2D eigenvalue weighted by Crippen LogP contribution is 2.26.